The molecule has 0 aliphatic carbocycles. The van der Waals surface area contributed by atoms with E-state index in [-0.39, 0.29) is 5.56 Å². The van der Waals surface area contributed by atoms with E-state index in [4.69, 9.17) is 10.4 Å². The molecule has 3 heteroatoms. The third-order valence-electron chi connectivity index (χ3n) is 3.14. The maximum atomic E-state index is 10.9. The highest BCUT2D eigenvalue weighted by atomic mass is 16.4. The summed E-state index contributed by atoms with van der Waals surface area (Å²) in [6, 6.07) is 12.8. The van der Waals surface area contributed by atoms with Crippen molar-refractivity contribution in [2.45, 2.75) is 13.8 Å². The minimum Gasteiger partial charge on any atom is -0.478 e. The molecule has 2 aromatic rings. The van der Waals surface area contributed by atoms with Crippen LogP contribution in [0.25, 0.3) is 11.1 Å². The topological polar surface area (TPSA) is 61.1 Å². The van der Waals surface area contributed by atoms with E-state index in [1.807, 2.05) is 32.0 Å². The van der Waals surface area contributed by atoms with Gasteiger partial charge in [-0.15, -0.1) is 0 Å². The number of carboxylic acid groups (broad SMARTS) is 1. The van der Waals surface area contributed by atoms with Crippen LogP contribution < -0.4 is 0 Å². The van der Waals surface area contributed by atoms with Gasteiger partial charge in [0.25, 0.3) is 0 Å². The van der Waals surface area contributed by atoms with Crippen molar-refractivity contribution < 1.29 is 9.90 Å². The van der Waals surface area contributed by atoms with Crippen molar-refractivity contribution in [3.05, 3.63) is 58.7 Å². The molecule has 0 saturated heterocycles. The van der Waals surface area contributed by atoms with E-state index >= 15 is 0 Å². The van der Waals surface area contributed by atoms with E-state index in [0.717, 1.165) is 22.3 Å². The number of nitrogens with zero attached hydrogens (tertiary/aromatic N) is 1. The van der Waals surface area contributed by atoms with Gasteiger partial charge < -0.3 is 5.11 Å². The highest BCUT2D eigenvalue weighted by molar-refractivity contribution is 5.89. The lowest BCUT2D eigenvalue weighted by molar-refractivity contribution is 0.0697. The first kappa shape index (κ1) is 12.8. The van der Waals surface area contributed by atoms with Crippen molar-refractivity contribution in [2.24, 2.45) is 0 Å². The van der Waals surface area contributed by atoms with Gasteiger partial charge in [-0.3, -0.25) is 0 Å². The zero-order valence-electron chi connectivity index (χ0n) is 10.8. The fraction of sp³-hybridized carbons (Fsp3) is 0.125. The van der Waals surface area contributed by atoms with Gasteiger partial charge in [-0.1, -0.05) is 18.2 Å². The smallest absolute Gasteiger partial charge is 0.335 e. The van der Waals surface area contributed by atoms with E-state index in [2.05, 4.69) is 6.07 Å². The summed E-state index contributed by atoms with van der Waals surface area (Å²) in [6.07, 6.45) is 0. The largest absolute Gasteiger partial charge is 0.478 e. The molecule has 0 atom stereocenters. The van der Waals surface area contributed by atoms with E-state index in [0.29, 0.717) is 5.56 Å². The van der Waals surface area contributed by atoms with Crippen LogP contribution in [0.2, 0.25) is 0 Å². The lowest BCUT2D eigenvalue weighted by Crippen LogP contribution is -1.97. The van der Waals surface area contributed by atoms with Crippen LogP contribution in [0.1, 0.15) is 27.0 Å². The molecule has 0 radical (unpaired) electrons. The third kappa shape index (κ3) is 2.48. The summed E-state index contributed by atoms with van der Waals surface area (Å²) in [5.41, 5.74) is 4.60. The molecule has 0 aliphatic heterocycles. The highest BCUT2D eigenvalue weighted by Gasteiger charge is 2.08. The number of aromatic carboxylic acids is 1. The SMILES string of the molecule is Cc1ccc(-c2ccc(C(=O)O)cc2C)cc1C#N. The molecule has 2 aromatic carbocycles. The molecule has 1 N–H and O–H groups in total. The van der Waals surface area contributed by atoms with Crippen molar-refractivity contribution in [3.8, 4) is 17.2 Å². The highest BCUT2D eigenvalue weighted by Crippen LogP contribution is 2.26. The molecule has 3 nitrogen and oxygen atoms in total. The molecule has 2 rings (SSSR count). The lowest BCUT2D eigenvalue weighted by Gasteiger charge is -2.08. The number of benzene rings is 2. The molecule has 0 aliphatic rings. The van der Waals surface area contributed by atoms with Gasteiger partial charge in [0.15, 0.2) is 0 Å². The van der Waals surface area contributed by atoms with Crippen molar-refractivity contribution in [1.29, 1.82) is 5.26 Å². The summed E-state index contributed by atoms with van der Waals surface area (Å²) < 4.78 is 0. The van der Waals surface area contributed by atoms with Gasteiger partial charge in [0.2, 0.25) is 0 Å². The van der Waals surface area contributed by atoms with Gasteiger partial charge in [0, 0.05) is 0 Å². The molecule has 0 fully saturated rings. The Morgan fingerprint density at radius 2 is 1.84 bits per heavy atom. The predicted octanol–water partition coefficient (Wildman–Crippen LogP) is 3.54. The average molecular weight is 251 g/mol. The summed E-state index contributed by atoms with van der Waals surface area (Å²) in [6.45, 7) is 3.76. The second-order valence-corrected chi connectivity index (χ2v) is 4.48. The Morgan fingerprint density at radius 1 is 1.11 bits per heavy atom. The summed E-state index contributed by atoms with van der Waals surface area (Å²) in [5, 5.41) is 18.0. The number of hydrogen-bond acceptors (Lipinski definition) is 2. The van der Waals surface area contributed by atoms with Crippen LogP contribution in [0.4, 0.5) is 0 Å². The van der Waals surface area contributed by atoms with Crippen LogP contribution in [0.5, 0.6) is 0 Å². The molecule has 0 aromatic heterocycles. The zero-order valence-corrected chi connectivity index (χ0v) is 10.8. The monoisotopic (exact) mass is 251 g/mol. The zero-order chi connectivity index (χ0) is 14.0. The fourth-order valence-electron chi connectivity index (χ4n) is 2.03. The van der Waals surface area contributed by atoms with Crippen LogP contribution >= 0.6 is 0 Å². The number of carbonyl (C=O) groups is 1. The maximum Gasteiger partial charge on any atom is 0.335 e. The molecule has 0 saturated carbocycles. The standard InChI is InChI=1S/C16H13NO2/c1-10-3-4-12(8-14(10)9-17)15-6-5-13(16(18)19)7-11(15)2/h3-8H,1-2H3,(H,18,19). The fourth-order valence-corrected chi connectivity index (χ4v) is 2.03. The molecule has 0 amide bonds. The Kier molecular flexibility index (Phi) is 3.35. The Balaban J connectivity index is 2.54. The number of hydrogen-bond donors (Lipinski definition) is 1. The van der Waals surface area contributed by atoms with Crippen molar-refractivity contribution in [1.82, 2.24) is 0 Å². The van der Waals surface area contributed by atoms with Gasteiger partial charge in [-0.25, -0.2) is 4.79 Å². The summed E-state index contributed by atoms with van der Waals surface area (Å²) in [4.78, 5) is 10.9. The normalized spacial score (nSPS) is 9.95. The molecule has 0 spiro atoms. The van der Waals surface area contributed by atoms with Crippen LogP contribution in [-0.2, 0) is 0 Å². The number of nitriles is 1. The number of aryl methyl sites for hydroxylation is 2. The van der Waals surface area contributed by atoms with E-state index < -0.39 is 5.97 Å². The number of carboxylic acids is 1. The van der Waals surface area contributed by atoms with E-state index in [1.165, 1.54) is 0 Å². The van der Waals surface area contributed by atoms with Gasteiger partial charge in [0.1, 0.15) is 0 Å². The van der Waals surface area contributed by atoms with Gasteiger partial charge in [-0.05, 0) is 54.3 Å². The molecular formula is C16H13NO2. The lowest BCUT2D eigenvalue weighted by atomic mass is 9.96. The Labute approximate surface area is 111 Å². The molecule has 0 bridgehead atoms. The molecule has 19 heavy (non-hydrogen) atoms. The van der Waals surface area contributed by atoms with Gasteiger partial charge in [-0.2, -0.15) is 5.26 Å². The Bertz CT molecular complexity index is 696. The first-order valence-corrected chi connectivity index (χ1v) is 5.88. The van der Waals surface area contributed by atoms with Gasteiger partial charge in [0.05, 0.1) is 17.2 Å². The van der Waals surface area contributed by atoms with Crippen LogP contribution in [-0.4, -0.2) is 11.1 Å². The van der Waals surface area contributed by atoms with Gasteiger partial charge >= 0.3 is 5.97 Å². The molecular weight excluding hydrogens is 238 g/mol. The van der Waals surface area contributed by atoms with Crippen molar-refractivity contribution >= 4 is 5.97 Å². The first-order valence-electron chi connectivity index (χ1n) is 5.88. The third-order valence-corrected chi connectivity index (χ3v) is 3.14. The minimum atomic E-state index is -0.934. The Morgan fingerprint density at radius 3 is 2.42 bits per heavy atom. The van der Waals surface area contributed by atoms with Crippen molar-refractivity contribution in [2.75, 3.05) is 0 Å². The summed E-state index contributed by atoms with van der Waals surface area (Å²) >= 11 is 0. The second-order valence-electron chi connectivity index (χ2n) is 4.48. The Hall–Kier alpha value is -2.60. The average Bonchev–Trinajstić information content (AvgIpc) is 2.39. The van der Waals surface area contributed by atoms with Crippen LogP contribution in [0, 0.1) is 25.2 Å². The summed E-state index contributed by atoms with van der Waals surface area (Å²) in [7, 11) is 0. The molecule has 0 heterocycles. The maximum absolute atomic E-state index is 10.9. The van der Waals surface area contributed by atoms with Crippen LogP contribution in [0.15, 0.2) is 36.4 Å². The summed E-state index contributed by atoms with van der Waals surface area (Å²) in [5.74, 6) is -0.934. The predicted molar refractivity (Wildman–Crippen MR) is 73.0 cm³/mol. The van der Waals surface area contributed by atoms with Crippen molar-refractivity contribution in [3.63, 3.8) is 0 Å². The van der Waals surface area contributed by atoms with Crippen LogP contribution in [0.3, 0.4) is 0 Å². The quantitative estimate of drug-likeness (QED) is 0.888. The molecule has 0 unspecified atom stereocenters. The van der Waals surface area contributed by atoms with E-state index in [9.17, 15) is 4.79 Å². The molecule has 94 valence electrons. The number of rotatable bonds is 2. The van der Waals surface area contributed by atoms with E-state index in [1.54, 1.807) is 18.2 Å². The minimum absolute atomic E-state index is 0.272. The first-order chi connectivity index (χ1) is 9.02. The second kappa shape index (κ2) is 4.95.